The lowest BCUT2D eigenvalue weighted by molar-refractivity contribution is -0.386. The molecule has 0 spiro atoms. The Morgan fingerprint density at radius 3 is 2.69 bits per heavy atom. The number of nitrogens with zero attached hydrogens (tertiary/aromatic N) is 1. The van der Waals surface area contributed by atoms with Crippen LogP contribution >= 0.6 is 0 Å². The predicted molar refractivity (Wildman–Crippen MR) is 58.8 cm³/mol. The fourth-order valence-electron chi connectivity index (χ4n) is 1.50. The first-order valence-electron chi connectivity index (χ1n) is 5.06. The number of benzene rings is 1. The number of carbonyl (C=O) groups excluding carboxylic acids is 1. The standard InChI is InChI=1S/C11H13NO4/c1-2-3-4-8-5-6-9(7-13)11(14)10(8)12(15)16/h5-7,14H,2-4H2,1H3. The minimum Gasteiger partial charge on any atom is -0.502 e. The number of hydrogen-bond acceptors (Lipinski definition) is 4. The molecule has 1 aromatic rings. The lowest BCUT2D eigenvalue weighted by Gasteiger charge is -2.05. The molecule has 0 heterocycles. The topological polar surface area (TPSA) is 80.4 Å². The van der Waals surface area contributed by atoms with Gasteiger partial charge in [-0.2, -0.15) is 0 Å². The lowest BCUT2D eigenvalue weighted by Crippen LogP contribution is -1.98. The van der Waals surface area contributed by atoms with E-state index in [2.05, 4.69) is 0 Å². The number of nitro benzene ring substituents is 1. The normalized spacial score (nSPS) is 10.1. The van der Waals surface area contributed by atoms with Crippen molar-refractivity contribution in [2.24, 2.45) is 0 Å². The number of phenolic OH excluding ortho intramolecular Hbond substituents is 1. The smallest absolute Gasteiger partial charge is 0.314 e. The fourth-order valence-corrected chi connectivity index (χ4v) is 1.50. The van der Waals surface area contributed by atoms with Crippen molar-refractivity contribution < 1.29 is 14.8 Å². The Kier molecular flexibility index (Phi) is 3.99. The molecule has 0 aliphatic heterocycles. The maximum atomic E-state index is 10.8. The Bertz CT molecular complexity index is 415. The molecule has 0 fully saturated rings. The summed E-state index contributed by atoms with van der Waals surface area (Å²) < 4.78 is 0. The second-order valence-corrected chi connectivity index (χ2v) is 3.49. The summed E-state index contributed by atoms with van der Waals surface area (Å²) in [7, 11) is 0. The van der Waals surface area contributed by atoms with Gasteiger partial charge < -0.3 is 5.11 Å². The van der Waals surface area contributed by atoms with Gasteiger partial charge in [0.15, 0.2) is 6.29 Å². The fraction of sp³-hybridized carbons (Fsp3) is 0.364. The van der Waals surface area contributed by atoms with Crippen molar-refractivity contribution in [3.8, 4) is 5.75 Å². The molecule has 86 valence electrons. The van der Waals surface area contributed by atoms with Crippen LogP contribution in [0.25, 0.3) is 0 Å². The van der Waals surface area contributed by atoms with Crippen molar-refractivity contribution in [1.82, 2.24) is 0 Å². The monoisotopic (exact) mass is 223 g/mol. The van der Waals surface area contributed by atoms with Crippen molar-refractivity contribution in [3.63, 3.8) is 0 Å². The van der Waals surface area contributed by atoms with Gasteiger partial charge in [-0.3, -0.25) is 14.9 Å². The third-order valence-corrected chi connectivity index (χ3v) is 2.38. The molecule has 1 aromatic carbocycles. The summed E-state index contributed by atoms with van der Waals surface area (Å²) in [5, 5.41) is 20.4. The van der Waals surface area contributed by atoms with Crippen molar-refractivity contribution in [2.75, 3.05) is 0 Å². The number of hydrogen-bond donors (Lipinski definition) is 1. The third-order valence-electron chi connectivity index (χ3n) is 2.38. The van der Waals surface area contributed by atoms with Crippen LogP contribution in [0, 0.1) is 10.1 Å². The summed E-state index contributed by atoms with van der Waals surface area (Å²) in [5.41, 5.74) is 0.0694. The highest BCUT2D eigenvalue weighted by Crippen LogP contribution is 2.33. The van der Waals surface area contributed by atoms with Crippen LogP contribution in [0.3, 0.4) is 0 Å². The van der Waals surface area contributed by atoms with Crippen LogP contribution in [-0.2, 0) is 6.42 Å². The van der Waals surface area contributed by atoms with E-state index < -0.39 is 10.7 Å². The Labute approximate surface area is 92.9 Å². The molecule has 16 heavy (non-hydrogen) atoms. The van der Waals surface area contributed by atoms with Gasteiger partial charge in [0, 0.05) is 5.56 Å². The molecular weight excluding hydrogens is 210 g/mol. The summed E-state index contributed by atoms with van der Waals surface area (Å²) in [4.78, 5) is 20.7. The van der Waals surface area contributed by atoms with Gasteiger partial charge in [-0.05, 0) is 18.9 Å². The van der Waals surface area contributed by atoms with Crippen LogP contribution in [0.15, 0.2) is 12.1 Å². The highest BCUT2D eigenvalue weighted by atomic mass is 16.6. The van der Waals surface area contributed by atoms with E-state index in [-0.39, 0.29) is 11.3 Å². The molecule has 0 saturated carbocycles. The second-order valence-electron chi connectivity index (χ2n) is 3.49. The van der Waals surface area contributed by atoms with E-state index in [0.717, 1.165) is 12.8 Å². The molecule has 0 aliphatic rings. The number of nitro groups is 1. The zero-order valence-corrected chi connectivity index (χ0v) is 8.97. The van der Waals surface area contributed by atoms with E-state index in [4.69, 9.17) is 0 Å². The molecule has 0 radical (unpaired) electrons. The van der Waals surface area contributed by atoms with Crippen molar-refractivity contribution >= 4 is 12.0 Å². The van der Waals surface area contributed by atoms with Gasteiger partial charge in [-0.25, -0.2) is 0 Å². The number of aryl methyl sites for hydroxylation is 1. The van der Waals surface area contributed by atoms with Gasteiger partial charge in [0.05, 0.1) is 10.5 Å². The first kappa shape index (κ1) is 12.2. The van der Waals surface area contributed by atoms with E-state index in [1.807, 2.05) is 6.92 Å². The molecule has 0 atom stereocenters. The Morgan fingerprint density at radius 2 is 2.19 bits per heavy atom. The average Bonchev–Trinajstić information content (AvgIpc) is 2.25. The van der Waals surface area contributed by atoms with Crippen molar-refractivity contribution in [3.05, 3.63) is 33.4 Å². The molecule has 0 aromatic heterocycles. The van der Waals surface area contributed by atoms with Gasteiger partial charge in [0.1, 0.15) is 0 Å². The summed E-state index contributed by atoms with van der Waals surface area (Å²) >= 11 is 0. The highest BCUT2D eigenvalue weighted by Gasteiger charge is 2.21. The number of aromatic hydroxyl groups is 1. The third kappa shape index (κ3) is 2.36. The Hall–Kier alpha value is -1.91. The van der Waals surface area contributed by atoms with Gasteiger partial charge in [0.2, 0.25) is 5.75 Å². The Morgan fingerprint density at radius 1 is 1.50 bits per heavy atom. The molecule has 0 saturated heterocycles. The average molecular weight is 223 g/mol. The van der Waals surface area contributed by atoms with Crippen LogP contribution < -0.4 is 0 Å². The molecule has 5 nitrogen and oxygen atoms in total. The van der Waals surface area contributed by atoms with E-state index in [1.165, 1.54) is 12.1 Å². The summed E-state index contributed by atoms with van der Waals surface area (Å²) in [6, 6.07) is 2.93. The van der Waals surface area contributed by atoms with E-state index in [0.29, 0.717) is 18.3 Å². The molecule has 0 unspecified atom stereocenters. The molecular formula is C11H13NO4. The maximum absolute atomic E-state index is 10.8. The lowest BCUT2D eigenvalue weighted by atomic mass is 10.0. The zero-order chi connectivity index (χ0) is 12.1. The van der Waals surface area contributed by atoms with Crippen LogP contribution in [0.1, 0.15) is 35.7 Å². The van der Waals surface area contributed by atoms with Gasteiger partial charge in [-0.1, -0.05) is 19.4 Å². The largest absolute Gasteiger partial charge is 0.502 e. The minimum absolute atomic E-state index is 0.0491. The van der Waals surface area contributed by atoms with Gasteiger partial charge in [-0.15, -0.1) is 0 Å². The molecule has 5 heteroatoms. The first-order valence-corrected chi connectivity index (χ1v) is 5.06. The number of carbonyl (C=O) groups is 1. The molecule has 1 N–H and O–H groups in total. The first-order chi connectivity index (χ1) is 7.61. The zero-order valence-electron chi connectivity index (χ0n) is 8.97. The summed E-state index contributed by atoms with van der Waals surface area (Å²) in [6.07, 6.45) is 2.65. The van der Waals surface area contributed by atoms with Gasteiger partial charge in [0.25, 0.3) is 0 Å². The predicted octanol–water partition coefficient (Wildman–Crippen LogP) is 2.46. The van der Waals surface area contributed by atoms with Crippen LogP contribution in [0.5, 0.6) is 5.75 Å². The Balaban J connectivity index is 3.23. The van der Waals surface area contributed by atoms with E-state index in [1.54, 1.807) is 0 Å². The van der Waals surface area contributed by atoms with Crippen molar-refractivity contribution in [2.45, 2.75) is 26.2 Å². The van der Waals surface area contributed by atoms with Crippen LogP contribution in [-0.4, -0.2) is 16.3 Å². The maximum Gasteiger partial charge on any atom is 0.314 e. The molecule has 0 bridgehead atoms. The van der Waals surface area contributed by atoms with Gasteiger partial charge >= 0.3 is 5.69 Å². The summed E-state index contributed by atoms with van der Waals surface area (Å²) in [5.74, 6) is -0.534. The van der Waals surface area contributed by atoms with E-state index >= 15 is 0 Å². The highest BCUT2D eigenvalue weighted by molar-refractivity contribution is 5.82. The molecule has 1 rings (SSSR count). The quantitative estimate of drug-likeness (QED) is 0.472. The van der Waals surface area contributed by atoms with Crippen molar-refractivity contribution in [1.29, 1.82) is 0 Å². The number of rotatable bonds is 5. The summed E-state index contributed by atoms with van der Waals surface area (Å²) in [6.45, 7) is 1.98. The number of unbranched alkanes of at least 4 members (excludes halogenated alkanes) is 1. The van der Waals surface area contributed by atoms with Crippen LogP contribution in [0.2, 0.25) is 0 Å². The van der Waals surface area contributed by atoms with E-state index in [9.17, 15) is 20.0 Å². The molecule has 0 amide bonds. The SMILES string of the molecule is CCCCc1ccc(C=O)c(O)c1[N+](=O)[O-]. The molecule has 0 aliphatic carbocycles. The number of phenols is 1. The van der Waals surface area contributed by atoms with Crippen LogP contribution in [0.4, 0.5) is 5.69 Å². The second kappa shape index (κ2) is 5.25. The minimum atomic E-state index is -0.646. The number of aldehydes is 1.